The summed E-state index contributed by atoms with van der Waals surface area (Å²) in [5.74, 6) is 1.41. The van der Waals surface area contributed by atoms with Crippen molar-refractivity contribution >= 4 is 11.5 Å². The lowest BCUT2D eigenvalue weighted by Crippen LogP contribution is -2.00. The summed E-state index contributed by atoms with van der Waals surface area (Å²) in [4.78, 5) is 14.4. The highest BCUT2D eigenvalue weighted by molar-refractivity contribution is 5.43. The first-order chi connectivity index (χ1) is 9.60. The number of non-ortho nitro benzene ring substituents is 1. The SMILES string of the molecule is CNc1cc(COc2ccc([N+](=O)[O-])cc2C)ccn1. The van der Waals surface area contributed by atoms with E-state index in [1.165, 1.54) is 12.1 Å². The number of aromatic nitrogens is 1. The minimum absolute atomic E-state index is 0.0660. The van der Waals surface area contributed by atoms with Crippen molar-refractivity contribution in [3.05, 3.63) is 57.8 Å². The van der Waals surface area contributed by atoms with E-state index in [1.54, 1.807) is 26.2 Å². The van der Waals surface area contributed by atoms with E-state index in [4.69, 9.17) is 4.74 Å². The van der Waals surface area contributed by atoms with Crippen molar-refractivity contribution in [3.63, 3.8) is 0 Å². The molecule has 2 rings (SSSR count). The summed E-state index contributed by atoms with van der Waals surface area (Å²) in [7, 11) is 1.80. The summed E-state index contributed by atoms with van der Waals surface area (Å²) < 4.78 is 5.68. The topological polar surface area (TPSA) is 77.3 Å². The lowest BCUT2D eigenvalue weighted by molar-refractivity contribution is -0.384. The van der Waals surface area contributed by atoms with E-state index in [9.17, 15) is 10.1 Å². The van der Waals surface area contributed by atoms with Crippen LogP contribution in [0.1, 0.15) is 11.1 Å². The Balaban J connectivity index is 2.08. The molecule has 6 heteroatoms. The van der Waals surface area contributed by atoms with Gasteiger partial charge in [0, 0.05) is 25.4 Å². The van der Waals surface area contributed by atoms with E-state index in [0.717, 1.165) is 16.9 Å². The van der Waals surface area contributed by atoms with Crippen LogP contribution in [-0.4, -0.2) is 17.0 Å². The summed E-state index contributed by atoms with van der Waals surface area (Å²) >= 11 is 0. The molecule has 1 N–H and O–H groups in total. The van der Waals surface area contributed by atoms with Crippen LogP contribution in [0.15, 0.2) is 36.5 Å². The second kappa shape index (κ2) is 6.01. The Kier molecular flexibility index (Phi) is 4.14. The number of rotatable bonds is 5. The van der Waals surface area contributed by atoms with Crippen LogP contribution in [0, 0.1) is 17.0 Å². The molecule has 0 unspecified atom stereocenters. The third kappa shape index (κ3) is 3.23. The van der Waals surface area contributed by atoms with Crippen molar-refractivity contribution in [3.8, 4) is 5.75 Å². The Hall–Kier alpha value is -2.63. The first kappa shape index (κ1) is 13.8. The zero-order valence-corrected chi connectivity index (χ0v) is 11.3. The molecule has 0 spiro atoms. The van der Waals surface area contributed by atoms with Crippen LogP contribution in [0.4, 0.5) is 11.5 Å². The molecule has 104 valence electrons. The van der Waals surface area contributed by atoms with Crippen LogP contribution in [0.2, 0.25) is 0 Å². The fraction of sp³-hybridized carbons (Fsp3) is 0.214. The highest BCUT2D eigenvalue weighted by Crippen LogP contribution is 2.24. The van der Waals surface area contributed by atoms with Gasteiger partial charge in [0.1, 0.15) is 18.2 Å². The fourth-order valence-corrected chi connectivity index (χ4v) is 1.77. The van der Waals surface area contributed by atoms with Gasteiger partial charge in [0.25, 0.3) is 5.69 Å². The van der Waals surface area contributed by atoms with Gasteiger partial charge in [-0.2, -0.15) is 0 Å². The number of anilines is 1. The molecular formula is C14H15N3O3. The van der Waals surface area contributed by atoms with Crippen molar-refractivity contribution < 1.29 is 9.66 Å². The normalized spacial score (nSPS) is 10.1. The maximum atomic E-state index is 10.7. The average molecular weight is 273 g/mol. The van der Waals surface area contributed by atoms with Gasteiger partial charge >= 0.3 is 0 Å². The zero-order chi connectivity index (χ0) is 14.5. The molecule has 0 bridgehead atoms. The number of nitro groups is 1. The molecule has 0 amide bonds. The number of pyridine rings is 1. The Morgan fingerprint density at radius 1 is 1.35 bits per heavy atom. The third-order valence-corrected chi connectivity index (χ3v) is 2.84. The summed E-state index contributed by atoms with van der Waals surface area (Å²) in [6.07, 6.45) is 1.70. The van der Waals surface area contributed by atoms with E-state index in [-0.39, 0.29) is 5.69 Å². The highest BCUT2D eigenvalue weighted by Gasteiger charge is 2.09. The molecule has 2 aromatic rings. The molecule has 1 aromatic carbocycles. The molecule has 1 heterocycles. The number of hydrogen-bond acceptors (Lipinski definition) is 5. The Morgan fingerprint density at radius 3 is 2.80 bits per heavy atom. The molecule has 0 radical (unpaired) electrons. The van der Waals surface area contributed by atoms with Crippen molar-refractivity contribution in [2.45, 2.75) is 13.5 Å². The lowest BCUT2D eigenvalue weighted by Gasteiger charge is -2.09. The van der Waals surface area contributed by atoms with Gasteiger partial charge in [0.2, 0.25) is 0 Å². The van der Waals surface area contributed by atoms with Crippen LogP contribution in [0.3, 0.4) is 0 Å². The quantitative estimate of drug-likeness (QED) is 0.669. The summed E-state index contributed by atoms with van der Waals surface area (Å²) in [5.41, 5.74) is 1.78. The van der Waals surface area contributed by atoms with Gasteiger partial charge in [0.05, 0.1) is 4.92 Å². The first-order valence-electron chi connectivity index (χ1n) is 6.10. The molecule has 20 heavy (non-hydrogen) atoms. The van der Waals surface area contributed by atoms with Gasteiger partial charge in [-0.15, -0.1) is 0 Å². The standard InChI is InChI=1S/C14H15N3O3/c1-10-7-12(17(18)19)3-4-13(10)20-9-11-5-6-16-14(8-11)15-2/h3-8H,9H2,1-2H3,(H,15,16). The van der Waals surface area contributed by atoms with E-state index >= 15 is 0 Å². The number of ether oxygens (including phenoxy) is 1. The number of aryl methyl sites for hydroxylation is 1. The second-order valence-electron chi connectivity index (χ2n) is 4.29. The predicted molar refractivity (Wildman–Crippen MR) is 75.9 cm³/mol. The zero-order valence-electron chi connectivity index (χ0n) is 11.3. The highest BCUT2D eigenvalue weighted by atomic mass is 16.6. The Bertz CT molecular complexity index is 629. The Labute approximate surface area is 116 Å². The Morgan fingerprint density at radius 2 is 2.15 bits per heavy atom. The minimum Gasteiger partial charge on any atom is -0.489 e. The molecule has 0 aliphatic carbocycles. The smallest absolute Gasteiger partial charge is 0.269 e. The number of hydrogen-bond donors (Lipinski definition) is 1. The number of benzene rings is 1. The number of nitrogens with zero attached hydrogens (tertiary/aromatic N) is 2. The molecule has 0 saturated carbocycles. The van der Waals surface area contributed by atoms with Gasteiger partial charge in [-0.25, -0.2) is 4.98 Å². The van der Waals surface area contributed by atoms with Gasteiger partial charge in [-0.05, 0) is 36.2 Å². The van der Waals surface area contributed by atoms with Gasteiger partial charge in [0.15, 0.2) is 0 Å². The van der Waals surface area contributed by atoms with Crippen LogP contribution in [0.5, 0.6) is 5.75 Å². The fourth-order valence-electron chi connectivity index (χ4n) is 1.77. The van der Waals surface area contributed by atoms with Gasteiger partial charge in [-0.1, -0.05) is 0 Å². The first-order valence-corrected chi connectivity index (χ1v) is 6.10. The van der Waals surface area contributed by atoms with Crippen LogP contribution >= 0.6 is 0 Å². The second-order valence-corrected chi connectivity index (χ2v) is 4.29. The van der Waals surface area contributed by atoms with Crippen LogP contribution in [-0.2, 0) is 6.61 Å². The molecule has 1 aromatic heterocycles. The monoisotopic (exact) mass is 273 g/mol. The molecular weight excluding hydrogens is 258 g/mol. The average Bonchev–Trinajstić information content (AvgIpc) is 2.46. The summed E-state index contributed by atoms with van der Waals surface area (Å²) in [6, 6.07) is 8.31. The van der Waals surface area contributed by atoms with Crippen molar-refractivity contribution in [1.82, 2.24) is 4.98 Å². The molecule has 0 atom stereocenters. The van der Waals surface area contributed by atoms with Crippen molar-refractivity contribution in [2.75, 3.05) is 12.4 Å². The largest absolute Gasteiger partial charge is 0.489 e. The van der Waals surface area contributed by atoms with Crippen LogP contribution in [0.25, 0.3) is 0 Å². The maximum absolute atomic E-state index is 10.7. The van der Waals surface area contributed by atoms with Gasteiger partial charge < -0.3 is 10.1 Å². The minimum atomic E-state index is -0.418. The lowest BCUT2D eigenvalue weighted by atomic mass is 10.2. The molecule has 6 nitrogen and oxygen atoms in total. The summed E-state index contributed by atoms with van der Waals surface area (Å²) in [6.45, 7) is 2.17. The van der Waals surface area contributed by atoms with Crippen LogP contribution < -0.4 is 10.1 Å². The summed E-state index contributed by atoms with van der Waals surface area (Å²) in [5, 5.41) is 13.6. The van der Waals surface area contributed by atoms with E-state index in [0.29, 0.717) is 12.4 Å². The molecule has 0 fully saturated rings. The molecule has 0 saturated heterocycles. The van der Waals surface area contributed by atoms with E-state index in [1.807, 2.05) is 12.1 Å². The molecule has 0 aliphatic heterocycles. The molecule has 0 aliphatic rings. The predicted octanol–water partition coefficient (Wildman–Crippen LogP) is 2.92. The van der Waals surface area contributed by atoms with E-state index < -0.39 is 4.92 Å². The van der Waals surface area contributed by atoms with Crippen molar-refractivity contribution in [2.24, 2.45) is 0 Å². The number of nitrogens with one attached hydrogen (secondary N) is 1. The maximum Gasteiger partial charge on any atom is 0.269 e. The van der Waals surface area contributed by atoms with E-state index in [2.05, 4.69) is 10.3 Å². The van der Waals surface area contributed by atoms with Gasteiger partial charge in [-0.3, -0.25) is 10.1 Å². The number of nitro benzene ring substituents is 1. The van der Waals surface area contributed by atoms with Crippen molar-refractivity contribution in [1.29, 1.82) is 0 Å². The third-order valence-electron chi connectivity index (χ3n) is 2.84.